The molecule has 27 heavy (non-hydrogen) atoms. The first-order chi connectivity index (χ1) is 13.0. The van der Waals surface area contributed by atoms with Gasteiger partial charge in [-0.15, -0.1) is 0 Å². The number of aromatic nitrogens is 2. The third-order valence-electron chi connectivity index (χ3n) is 4.33. The molecule has 5 nitrogen and oxygen atoms in total. The summed E-state index contributed by atoms with van der Waals surface area (Å²) in [6.07, 6.45) is 1.57. The van der Waals surface area contributed by atoms with Crippen LogP contribution in [-0.4, -0.2) is 21.8 Å². The topological polar surface area (TPSA) is 58.1 Å². The van der Waals surface area contributed by atoms with Crippen LogP contribution in [0.3, 0.4) is 0 Å². The van der Waals surface area contributed by atoms with Crippen LogP contribution >= 0.6 is 0 Å². The van der Waals surface area contributed by atoms with Crippen molar-refractivity contribution in [2.75, 3.05) is 10.2 Å². The molecule has 138 valence electrons. The average molecular weight is 360 g/mol. The Morgan fingerprint density at radius 1 is 1.04 bits per heavy atom. The highest BCUT2D eigenvalue weighted by atomic mass is 16.1. The maximum Gasteiger partial charge on any atom is 0.159 e. The number of ketones is 1. The average Bonchev–Trinajstić information content (AvgIpc) is 2.67. The molecular formula is C22H24N4O. The van der Waals surface area contributed by atoms with Gasteiger partial charge >= 0.3 is 0 Å². The Kier molecular flexibility index (Phi) is 5.81. The highest BCUT2D eigenvalue weighted by Crippen LogP contribution is 2.22. The zero-order valence-corrected chi connectivity index (χ0v) is 15.9. The fraction of sp³-hybridized carbons (Fsp3) is 0.227. The minimum Gasteiger partial charge on any atom is -0.350 e. The molecule has 0 aliphatic heterocycles. The van der Waals surface area contributed by atoms with Gasteiger partial charge in [0.25, 0.3) is 0 Å². The van der Waals surface area contributed by atoms with Gasteiger partial charge in [0.05, 0.1) is 0 Å². The van der Waals surface area contributed by atoms with Gasteiger partial charge in [0.15, 0.2) is 5.78 Å². The van der Waals surface area contributed by atoms with Gasteiger partial charge in [-0.05, 0) is 50.6 Å². The van der Waals surface area contributed by atoms with E-state index in [4.69, 9.17) is 0 Å². The molecule has 1 aromatic heterocycles. The predicted octanol–water partition coefficient (Wildman–Crippen LogP) is 4.84. The van der Waals surface area contributed by atoms with Gasteiger partial charge in [0, 0.05) is 29.9 Å². The minimum atomic E-state index is 0.0550. The summed E-state index contributed by atoms with van der Waals surface area (Å²) in [6.45, 7) is 6.64. The summed E-state index contributed by atoms with van der Waals surface area (Å²) in [5, 5.41) is 3.28. The monoisotopic (exact) mass is 360 g/mol. The Morgan fingerprint density at radius 3 is 2.37 bits per heavy atom. The van der Waals surface area contributed by atoms with Gasteiger partial charge in [-0.3, -0.25) is 4.79 Å². The van der Waals surface area contributed by atoms with Crippen molar-refractivity contribution in [1.82, 2.24) is 9.97 Å². The summed E-state index contributed by atoms with van der Waals surface area (Å²) >= 11 is 0. The van der Waals surface area contributed by atoms with E-state index >= 15 is 0 Å². The van der Waals surface area contributed by atoms with Gasteiger partial charge in [-0.1, -0.05) is 30.3 Å². The SMILES string of the molecule is CC(=O)c1ccc(Nc2cc(N(Cc3ccccc3)C(C)C)ncn2)cc1. The molecule has 0 spiro atoms. The molecular weight excluding hydrogens is 336 g/mol. The molecule has 0 saturated carbocycles. The molecule has 0 atom stereocenters. The largest absolute Gasteiger partial charge is 0.350 e. The Labute approximate surface area is 160 Å². The number of anilines is 3. The Bertz CT molecular complexity index is 892. The lowest BCUT2D eigenvalue weighted by Gasteiger charge is -2.28. The van der Waals surface area contributed by atoms with Crippen molar-refractivity contribution in [3.63, 3.8) is 0 Å². The van der Waals surface area contributed by atoms with Gasteiger partial charge in [-0.2, -0.15) is 0 Å². The summed E-state index contributed by atoms with van der Waals surface area (Å²) in [6, 6.07) is 20.0. The van der Waals surface area contributed by atoms with Crippen LogP contribution in [0, 0.1) is 0 Å². The second kappa shape index (κ2) is 8.45. The number of Topliss-reactive ketones (excluding diaryl/α,β-unsaturated/α-hetero) is 1. The van der Waals surface area contributed by atoms with Crippen molar-refractivity contribution in [2.45, 2.75) is 33.4 Å². The van der Waals surface area contributed by atoms with Crippen LogP contribution in [0.2, 0.25) is 0 Å². The molecule has 5 heteroatoms. The van der Waals surface area contributed by atoms with Gasteiger partial charge in [-0.25, -0.2) is 9.97 Å². The number of nitrogens with zero attached hydrogens (tertiary/aromatic N) is 3. The summed E-state index contributed by atoms with van der Waals surface area (Å²) in [5.41, 5.74) is 2.81. The number of hydrogen-bond donors (Lipinski definition) is 1. The summed E-state index contributed by atoms with van der Waals surface area (Å²) < 4.78 is 0. The molecule has 0 bridgehead atoms. The molecule has 0 amide bonds. The first-order valence-corrected chi connectivity index (χ1v) is 9.03. The van der Waals surface area contributed by atoms with Crippen molar-refractivity contribution in [2.24, 2.45) is 0 Å². The van der Waals surface area contributed by atoms with E-state index in [2.05, 4.69) is 46.2 Å². The van der Waals surface area contributed by atoms with E-state index in [1.54, 1.807) is 13.3 Å². The van der Waals surface area contributed by atoms with E-state index in [9.17, 15) is 4.79 Å². The molecule has 0 aliphatic carbocycles. The van der Waals surface area contributed by atoms with Gasteiger partial charge < -0.3 is 10.2 Å². The van der Waals surface area contributed by atoms with E-state index in [0.29, 0.717) is 17.4 Å². The molecule has 0 aliphatic rings. The Morgan fingerprint density at radius 2 is 1.74 bits per heavy atom. The molecule has 0 fully saturated rings. The number of carbonyl (C=O) groups is 1. The van der Waals surface area contributed by atoms with Crippen molar-refractivity contribution < 1.29 is 4.79 Å². The zero-order valence-electron chi connectivity index (χ0n) is 15.9. The highest BCUT2D eigenvalue weighted by Gasteiger charge is 2.13. The number of rotatable bonds is 7. The van der Waals surface area contributed by atoms with Crippen LogP contribution in [0.15, 0.2) is 67.0 Å². The van der Waals surface area contributed by atoms with E-state index in [1.165, 1.54) is 5.56 Å². The predicted molar refractivity (Wildman–Crippen MR) is 110 cm³/mol. The van der Waals surface area contributed by atoms with Crippen LogP contribution < -0.4 is 10.2 Å². The summed E-state index contributed by atoms with van der Waals surface area (Å²) in [4.78, 5) is 22.4. The number of carbonyl (C=O) groups excluding carboxylic acids is 1. The molecule has 0 saturated heterocycles. The first-order valence-electron chi connectivity index (χ1n) is 9.03. The summed E-state index contributed by atoms with van der Waals surface area (Å²) in [7, 11) is 0. The van der Waals surface area contributed by atoms with E-state index in [-0.39, 0.29) is 5.78 Å². The third-order valence-corrected chi connectivity index (χ3v) is 4.33. The quantitative estimate of drug-likeness (QED) is 0.611. The van der Waals surface area contributed by atoms with Crippen molar-refractivity contribution in [3.8, 4) is 0 Å². The summed E-state index contributed by atoms with van der Waals surface area (Å²) in [5.74, 6) is 1.64. The lowest BCUT2D eigenvalue weighted by atomic mass is 10.1. The third kappa shape index (κ3) is 4.91. The van der Waals surface area contributed by atoms with E-state index < -0.39 is 0 Å². The van der Waals surface area contributed by atoms with Crippen LogP contribution in [0.4, 0.5) is 17.3 Å². The maximum atomic E-state index is 11.4. The van der Waals surface area contributed by atoms with Gasteiger partial charge in [0.2, 0.25) is 0 Å². The number of nitrogens with one attached hydrogen (secondary N) is 1. The lowest BCUT2D eigenvalue weighted by Crippen LogP contribution is -2.31. The smallest absolute Gasteiger partial charge is 0.159 e. The second-order valence-electron chi connectivity index (χ2n) is 6.73. The molecule has 3 aromatic rings. The fourth-order valence-electron chi connectivity index (χ4n) is 2.82. The van der Waals surface area contributed by atoms with Crippen molar-refractivity contribution >= 4 is 23.1 Å². The van der Waals surface area contributed by atoms with Crippen LogP contribution in [0.5, 0.6) is 0 Å². The first kappa shape index (κ1) is 18.6. The number of hydrogen-bond acceptors (Lipinski definition) is 5. The van der Waals surface area contributed by atoms with E-state index in [0.717, 1.165) is 18.1 Å². The maximum absolute atomic E-state index is 11.4. The van der Waals surface area contributed by atoms with Crippen LogP contribution in [0.1, 0.15) is 36.7 Å². The second-order valence-corrected chi connectivity index (χ2v) is 6.73. The van der Waals surface area contributed by atoms with E-state index in [1.807, 2.05) is 48.5 Å². The van der Waals surface area contributed by atoms with Crippen LogP contribution in [0.25, 0.3) is 0 Å². The zero-order chi connectivity index (χ0) is 19.2. The fourth-order valence-corrected chi connectivity index (χ4v) is 2.82. The number of benzene rings is 2. The minimum absolute atomic E-state index is 0.0550. The lowest BCUT2D eigenvalue weighted by molar-refractivity contribution is 0.101. The van der Waals surface area contributed by atoms with Crippen molar-refractivity contribution in [3.05, 3.63) is 78.1 Å². The normalized spacial score (nSPS) is 10.7. The van der Waals surface area contributed by atoms with Gasteiger partial charge in [0.1, 0.15) is 18.0 Å². The molecule has 0 radical (unpaired) electrons. The highest BCUT2D eigenvalue weighted by molar-refractivity contribution is 5.94. The molecule has 1 heterocycles. The molecule has 2 aromatic carbocycles. The Hall–Kier alpha value is -3.21. The standard InChI is InChI=1S/C22H24N4O/c1-16(2)26(14-18-7-5-4-6-8-18)22-13-21(23-15-24-22)25-20-11-9-19(10-12-20)17(3)27/h4-13,15-16H,14H2,1-3H3,(H,23,24,25). The Balaban J connectivity index is 1.79. The molecule has 1 N–H and O–H groups in total. The molecule has 0 unspecified atom stereocenters. The molecule has 3 rings (SSSR count). The van der Waals surface area contributed by atoms with Crippen LogP contribution in [-0.2, 0) is 6.54 Å². The van der Waals surface area contributed by atoms with Crippen molar-refractivity contribution in [1.29, 1.82) is 0 Å².